The van der Waals surface area contributed by atoms with Gasteiger partial charge in [0.05, 0.1) is 14.2 Å². The number of hydrogen-bond donors (Lipinski definition) is 2. The van der Waals surface area contributed by atoms with Crippen LogP contribution in [0.2, 0.25) is 0 Å². The van der Waals surface area contributed by atoms with Gasteiger partial charge in [-0.1, -0.05) is 15.9 Å². The zero-order chi connectivity index (χ0) is 13.8. The molecule has 0 bridgehead atoms. The molecule has 0 spiro atoms. The molecule has 0 aliphatic carbocycles. The van der Waals surface area contributed by atoms with Gasteiger partial charge in [0, 0.05) is 10.5 Å². The van der Waals surface area contributed by atoms with E-state index in [0.717, 1.165) is 47.5 Å². The summed E-state index contributed by atoms with van der Waals surface area (Å²) in [6.07, 6.45) is 2.23. The topological polar surface area (TPSA) is 56.5 Å². The van der Waals surface area contributed by atoms with Gasteiger partial charge >= 0.3 is 0 Å². The van der Waals surface area contributed by atoms with Crippen molar-refractivity contribution in [1.82, 2.24) is 5.32 Å². The maximum atomic E-state index is 6.43. The second-order valence-electron chi connectivity index (χ2n) is 4.84. The van der Waals surface area contributed by atoms with Crippen LogP contribution < -0.4 is 20.5 Å². The minimum atomic E-state index is 0.0243. The van der Waals surface area contributed by atoms with Gasteiger partial charge in [0.1, 0.15) is 0 Å². The molecule has 0 unspecified atom stereocenters. The summed E-state index contributed by atoms with van der Waals surface area (Å²) in [5.74, 6) is 1.95. The van der Waals surface area contributed by atoms with Gasteiger partial charge < -0.3 is 20.5 Å². The van der Waals surface area contributed by atoms with E-state index in [1.165, 1.54) is 0 Å². The van der Waals surface area contributed by atoms with Gasteiger partial charge in [-0.15, -0.1) is 0 Å². The number of ether oxygens (including phenoxy) is 2. The van der Waals surface area contributed by atoms with Gasteiger partial charge in [0.15, 0.2) is 11.5 Å². The van der Waals surface area contributed by atoms with Crippen molar-refractivity contribution >= 4 is 15.9 Å². The Morgan fingerprint density at radius 1 is 1.21 bits per heavy atom. The Labute approximate surface area is 122 Å². The van der Waals surface area contributed by atoms with E-state index in [1.54, 1.807) is 14.2 Å². The van der Waals surface area contributed by atoms with Crippen LogP contribution in [0.5, 0.6) is 11.5 Å². The van der Waals surface area contributed by atoms with Crippen molar-refractivity contribution in [3.8, 4) is 11.5 Å². The average Bonchev–Trinajstić information content (AvgIpc) is 2.47. The third-order valence-electron chi connectivity index (χ3n) is 3.75. The highest BCUT2D eigenvalue weighted by atomic mass is 79.9. The summed E-state index contributed by atoms with van der Waals surface area (Å²) >= 11 is 3.59. The van der Waals surface area contributed by atoms with Crippen LogP contribution in [-0.2, 0) is 0 Å². The average molecular weight is 329 g/mol. The lowest BCUT2D eigenvalue weighted by atomic mass is 9.86. The predicted molar refractivity (Wildman–Crippen MR) is 79.8 cm³/mol. The van der Waals surface area contributed by atoms with E-state index in [9.17, 15) is 0 Å². The summed E-state index contributed by atoms with van der Waals surface area (Å²) in [6, 6.07) is 3.93. The molecule has 1 aromatic rings. The third kappa shape index (κ3) is 3.22. The molecule has 1 saturated heterocycles. The van der Waals surface area contributed by atoms with Crippen molar-refractivity contribution in [2.75, 3.05) is 27.3 Å². The number of methoxy groups -OCH3 is 2. The van der Waals surface area contributed by atoms with Crippen LogP contribution in [0, 0.1) is 5.92 Å². The van der Waals surface area contributed by atoms with E-state index in [1.807, 2.05) is 12.1 Å². The van der Waals surface area contributed by atoms with Crippen molar-refractivity contribution in [1.29, 1.82) is 0 Å². The second kappa shape index (κ2) is 6.59. The van der Waals surface area contributed by atoms with Gasteiger partial charge in [-0.25, -0.2) is 0 Å². The lowest BCUT2D eigenvalue weighted by Crippen LogP contribution is -2.33. The fraction of sp³-hybridized carbons (Fsp3) is 0.571. The maximum absolute atomic E-state index is 6.43. The van der Waals surface area contributed by atoms with Gasteiger partial charge in [0.2, 0.25) is 0 Å². The molecular formula is C14H21BrN2O2. The molecular weight excluding hydrogens is 308 g/mol. The molecule has 0 aromatic heterocycles. The van der Waals surface area contributed by atoms with Crippen molar-refractivity contribution in [3.63, 3.8) is 0 Å². The SMILES string of the molecule is COc1cc(Br)c([C@H](N)C2CCNCC2)cc1OC. The van der Waals surface area contributed by atoms with Crippen LogP contribution in [0.4, 0.5) is 0 Å². The molecule has 5 heteroatoms. The lowest BCUT2D eigenvalue weighted by molar-refractivity contribution is 0.318. The van der Waals surface area contributed by atoms with E-state index < -0.39 is 0 Å². The van der Waals surface area contributed by atoms with E-state index in [4.69, 9.17) is 15.2 Å². The first-order valence-electron chi connectivity index (χ1n) is 6.55. The normalized spacial score (nSPS) is 18.1. The first kappa shape index (κ1) is 14.6. The molecule has 106 valence electrons. The van der Waals surface area contributed by atoms with Gasteiger partial charge in [-0.05, 0) is 49.5 Å². The van der Waals surface area contributed by atoms with Crippen LogP contribution in [0.25, 0.3) is 0 Å². The van der Waals surface area contributed by atoms with Crippen molar-refractivity contribution in [3.05, 3.63) is 22.2 Å². The van der Waals surface area contributed by atoms with Crippen LogP contribution >= 0.6 is 15.9 Å². The molecule has 1 aliphatic rings. The summed E-state index contributed by atoms with van der Waals surface area (Å²) in [4.78, 5) is 0. The maximum Gasteiger partial charge on any atom is 0.161 e. The Hall–Kier alpha value is -0.780. The molecule has 1 fully saturated rings. The summed E-state index contributed by atoms with van der Waals surface area (Å²) < 4.78 is 11.6. The smallest absolute Gasteiger partial charge is 0.161 e. The fourth-order valence-corrected chi connectivity index (χ4v) is 3.17. The number of halogens is 1. The Kier molecular flexibility index (Phi) is 5.07. The first-order chi connectivity index (χ1) is 9.17. The zero-order valence-corrected chi connectivity index (χ0v) is 13.0. The highest BCUT2D eigenvalue weighted by Gasteiger charge is 2.24. The molecule has 0 saturated carbocycles. The van der Waals surface area contributed by atoms with Crippen LogP contribution in [0.1, 0.15) is 24.4 Å². The number of nitrogens with one attached hydrogen (secondary N) is 1. The number of nitrogens with two attached hydrogens (primary N) is 1. The van der Waals surface area contributed by atoms with Gasteiger partial charge in [-0.3, -0.25) is 0 Å². The third-order valence-corrected chi connectivity index (χ3v) is 4.44. The molecule has 0 radical (unpaired) electrons. The van der Waals surface area contributed by atoms with E-state index >= 15 is 0 Å². The van der Waals surface area contributed by atoms with Crippen LogP contribution in [-0.4, -0.2) is 27.3 Å². The minimum Gasteiger partial charge on any atom is -0.493 e. The molecule has 0 amide bonds. The fourth-order valence-electron chi connectivity index (χ4n) is 2.58. The Morgan fingerprint density at radius 3 is 2.37 bits per heavy atom. The number of hydrogen-bond acceptors (Lipinski definition) is 4. The highest BCUT2D eigenvalue weighted by Crippen LogP contribution is 2.38. The zero-order valence-electron chi connectivity index (χ0n) is 11.4. The van der Waals surface area contributed by atoms with E-state index in [2.05, 4.69) is 21.2 Å². The largest absolute Gasteiger partial charge is 0.493 e. The van der Waals surface area contributed by atoms with Gasteiger partial charge in [0.25, 0.3) is 0 Å². The van der Waals surface area contributed by atoms with E-state index in [0.29, 0.717) is 5.92 Å². The monoisotopic (exact) mass is 328 g/mol. The summed E-state index contributed by atoms with van der Waals surface area (Å²) in [5.41, 5.74) is 7.52. The molecule has 1 aromatic carbocycles. The standard InChI is InChI=1S/C14H21BrN2O2/c1-18-12-7-10(11(15)8-13(12)19-2)14(16)9-3-5-17-6-4-9/h7-9,14,17H,3-6,16H2,1-2H3/t14-/m1/s1. The Bertz CT molecular complexity index is 434. The molecule has 2 rings (SSSR count). The summed E-state index contributed by atoms with van der Waals surface area (Å²) in [6.45, 7) is 2.09. The second-order valence-corrected chi connectivity index (χ2v) is 5.70. The molecule has 3 N–H and O–H groups in total. The van der Waals surface area contributed by atoms with Crippen LogP contribution in [0.3, 0.4) is 0 Å². The number of piperidine rings is 1. The first-order valence-corrected chi connectivity index (χ1v) is 7.34. The number of rotatable bonds is 4. The summed E-state index contributed by atoms with van der Waals surface area (Å²) in [7, 11) is 3.28. The van der Waals surface area contributed by atoms with Gasteiger partial charge in [-0.2, -0.15) is 0 Å². The molecule has 1 aliphatic heterocycles. The Balaban J connectivity index is 2.27. The Morgan fingerprint density at radius 2 is 1.79 bits per heavy atom. The van der Waals surface area contributed by atoms with Crippen molar-refractivity contribution in [2.24, 2.45) is 11.7 Å². The molecule has 19 heavy (non-hydrogen) atoms. The molecule has 1 heterocycles. The quantitative estimate of drug-likeness (QED) is 0.891. The van der Waals surface area contributed by atoms with E-state index in [-0.39, 0.29) is 6.04 Å². The molecule has 4 nitrogen and oxygen atoms in total. The summed E-state index contributed by atoms with van der Waals surface area (Å²) in [5, 5.41) is 3.36. The number of benzene rings is 1. The minimum absolute atomic E-state index is 0.0243. The van der Waals surface area contributed by atoms with Crippen LogP contribution in [0.15, 0.2) is 16.6 Å². The predicted octanol–water partition coefficient (Wildman–Crippen LogP) is 2.47. The molecule has 1 atom stereocenters. The highest BCUT2D eigenvalue weighted by molar-refractivity contribution is 9.10. The van der Waals surface area contributed by atoms with Crippen molar-refractivity contribution < 1.29 is 9.47 Å². The lowest BCUT2D eigenvalue weighted by Gasteiger charge is -2.29. The van der Waals surface area contributed by atoms with Crippen molar-refractivity contribution in [2.45, 2.75) is 18.9 Å².